The van der Waals surface area contributed by atoms with Crippen molar-refractivity contribution in [3.63, 3.8) is 0 Å². The first-order valence-corrected chi connectivity index (χ1v) is 5.21. The van der Waals surface area contributed by atoms with Crippen LogP contribution in [0.4, 0.5) is 0 Å². The van der Waals surface area contributed by atoms with Crippen molar-refractivity contribution in [2.45, 2.75) is 33.1 Å². The second-order valence-corrected chi connectivity index (χ2v) is 4.84. The van der Waals surface area contributed by atoms with Crippen molar-refractivity contribution >= 4 is 17.3 Å². The Labute approximate surface area is 85.4 Å². The number of hydrogen-bond acceptors (Lipinski definition) is 2. The van der Waals surface area contributed by atoms with Crippen LogP contribution in [0.2, 0.25) is 0 Å². The smallest absolute Gasteiger partial charge is 0.180 e. The van der Waals surface area contributed by atoms with Gasteiger partial charge < -0.3 is 10.7 Å². The molecule has 3 nitrogen and oxygen atoms in total. The molecule has 0 radical (unpaired) electrons. The maximum Gasteiger partial charge on any atom is 0.180 e. The average molecular weight is 201 g/mol. The molecule has 0 aromatic heterocycles. The molecule has 0 aromatic rings. The minimum atomic E-state index is 0.456. The van der Waals surface area contributed by atoms with Gasteiger partial charge in [-0.2, -0.15) is 0 Å². The lowest BCUT2D eigenvalue weighted by Crippen LogP contribution is -2.42. The quantitative estimate of drug-likeness (QED) is 0.356. The van der Waals surface area contributed by atoms with E-state index in [0.29, 0.717) is 10.5 Å². The molecular weight excluding hydrogens is 182 g/mol. The van der Waals surface area contributed by atoms with E-state index in [1.807, 2.05) is 0 Å². The van der Waals surface area contributed by atoms with E-state index in [4.69, 9.17) is 18.1 Å². The monoisotopic (exact) mass is 201 g/mol. The van der Waals surface area contributed by atoms with Gasteiger partial charge in [0.05, 0.1) is 0 Å². The van der Waals surface area contributed by atoms with Gasteiger partial charge in [-0.05, 0) is 36.4 Å². The van der Waals surface area contributed by atoms with Gasteiger partial charge in [-0.25, -0.2) is 5.84 Å². The maximum atomic E-state index is 5.17. The summed E-state index contributed by atoms with van der Waals surface area (Å²) in [6, 6.07) is 0. The summed E-state index contributed by atoms with van der Waals surface area (Å²) < 4.78 is 0. The first kappa shape index (κ1) is 10.7. The highest BCUT2D eigenvalue weighted by Gasteiger charge is 2.33. The average Bonchev–Trinajstić information content (AvgIpc) is 2.41. The van der Waals surface area contributed by atoms with Crippen LogP contribution in [0.25, 0.3) is 0 Å². The van der Waals surface area contributed by atoms with E-state index in [-0.39, 0.29) is 0 Å². The van der Waals surface area contributed by atoms with Crippen LogP contribution in [0.15, 0.2) is 0 Å². The lowest BCUT2D eigenvalue weighted by atomic mass is 9.82. The molecule has 0 aliphatic heterocycles. The first-order chi connectivity index (χ1) is 6.06. The third kappa shape index (κ3) is 2.81. The van der Waals surface area contributed by atoms with E-state index < -0.39 is 0 Å². The fourth-order valence-corrected chi connectivity index (χ4v) is 2.13. The number of hydrazine groups is 1. The summed E-state index contributed by atoms with van der Waals surface area (Å²) >= 11 is 4.92. The van der Waals surface area contributed by atoms with E-state index in [2.05, 4.69) is 24.6 Å². The Morgan fingerprint density at radius 2 is 2.31 bits per heavy atom. The van der Waals surface area contributed by atoms with Gasteiger partial charge in [0, 0.05) is 6.54 Å². The Morgan fingerprint density at radius 3 is 2.77 bits per heavy atom. The molecule has 13 heavy (non-hydrogen) atoms. The molecule has 1 aliphatic rings. The second-order valence-electron chi connectivity index (χ2n) is 4.43. The van der Waals surface area contributed by atoms with Gasteiger partial charge in [-0.15, -0.1) is 0 Å². The van der Waals surface area contributed by atoms with Gasteiger partial charge in [-0.1, -0.05) is 20.3 Å². The summed E-state index contributed by atoms with van der Waals surface area (Å²) in [5.74, 6) is 5.89. The molecule has 1 saturated carbocycles. The van der Waals surface area contributed by atoms with Crippen LogP contribution in [-0.4, -0.2) is 11.7 Å². The van der Waals surface area contributed by atoms with Crippen molar-refractivity contribution in [3.8, 4) is 0 Å². The molecule has 4 heteroatoms. The highest BCUT2D eigenvalue weighted by molar-refractivity contribution is 7.80. The summed E-state index contributed by atoms with van der Waals surface area (Å²) in [6.45, 7) is 5.59. The van der Waals surface area contributed by atoms with Crippen molar-refractivity contribution in [1.82, 2.24) is 10.7 Å². The summed E-state index contributed by atoms with van der Waals surface area (Å²) in [7, 11) is 0. The Balaban J connectivity index is 2.33. The highest BCUT2D eigenvalue weighted by Crippen LogP contribution is 2.41. The summed E-state index contributed by atoms with van der Waals surface area (Å²) in [5, 5.41) is 3.67. The van der Waals surface area contributed by atoms with Gasteiger partial charge in [0.1, 0.15) is 0 Å². The third-order valence-electron chi connectivity index (χ3n) is 3.12. The fourth-order valence-electron chi connectivity index (χ4n) is 2.04. The molecule has 4 N–H and O–H groups in total. The molecule has 76 valence electrons. The zero-order chi connectivity index (χ0) is 9.90. The molecule has 1 atom stereocenters. The molecule has 0 heterocycles. The van der Waals surface area contributed by atoms with Crippen LogP contribution in [0.1, 0.15) is 33.1 Å². The van der Waals surface area contributed by atoms with Gasteiger partial charge in [-0.3, -0.25) is 0 Å². The molecule has 0 spiro atoms. The van der Waals surface area contributed by atoms with E-state index >= 15 is 0 Å². The summed E-state index contributed by atoms with van der Waals surface area (Å²) in [6.07, 6.45) is 3.96. The highest BCUT2D eigenvalue weighted by atomic mass is 32.1. The zero-order valence-corrected chi connectivity index (χ0v) is 9.21. The molecule has 0 aromatic carbocycles. The first-order valence-electron chi connectivity index (χ1n) is 4.81. The van der Waals surface area contributed by atoms with Crippen LogP contribution >= 0.6 is 12.2 Å². The number of rotatable bonds is 2. The van der Waals surface area contributed by atoms with E-state index in [1.54, 1.807) is 0 Å². The van der Waals surface area contributed by atoms with Crippen molar-refractivity contribution in [1.29, 1.82) is 0 Å². The second kappa shape index (κ2) is 4.24. The lowest BCUT2D eigenvalue weighted by Gasteiger charge is -2.27. The van der Waals surface area contributed by atoms with Crippen molar-refractivity contribution in [2.75, 3.05) is 6.54 Å². The van der Waals surface area contributed by atoms with E-state index in [1.165, 1.54) is 19.3 Å². The van der Waals surface area contributed by atoms with Crippen LogP contribution in [-0.2, 0) is 0 Å². The Bertz CT molecular complexity index is 191. The standard InChI is InChI=1S/C9H19N3S/c1-9(2)5-3-4-7(9)6-11-8(13)12-10/h7H,3-6,10H2,1-2H3,(H2,11,12,13). The molecule has 0 saturated heterocycles. The van der Waals surface area contributed by atoms with Gasteiger partial charge in [0.25, 0.3) is 0 Å². The fraction of sp³-hybridized carbons (Fsp3) is 0.889. The topological polar surface area (TPSA) is 50.1 Å². The SMILES string of the molecule is CC1(C)CCCC1CNC(=S)NN. The van der Waals surface area contributed by atoms with Gasteiger partial charge in [0.15, 0.2) is 5.11 Å². The molecule has 1 fully saturated rings. The summed E-state index contributed by atoms with van der Waals surface area (Å²) in [5.41, 5.74) is 2.89. The van der Waals surface area contributed by atoms with E-state index in [0.717, 1.165) is 12.5 Å². The Hall–Kier alpha value is -0.350. The lowest BCUT2D eigenvalue weighted by molar-refractivity contribution is 0.260. The van der Waals surface area contributed by atoms with Crippen LogP contribution in [0.3, 0.4) is 0 Å². The van der Waals surface area contributed by atoms with Crippen LogP contribution < -0.4 is 16.6 Å². The summed E-state index contributed by atoms with van der Waals surface area (Å²) in [4.78, 5) is 0. The number of thiocarbonyl (C=S) groups is 1. The molecule has 1 unspecified atom stereocenters. The van der Waals surface area contributed by atoms with Crippen LogP contribution in [0, 0.1) is 11.3 Å². The minimum Gasteiger partial charge on any atom is -0.361 e. The van der Waals surface area contributed by atoms with Gasteiger partial charge in [0.2, 0.25) is 0 Å². The normalized spacial score (nSPS) is 25.6. The van der Waals surface area contributed by atoms with Crippen LogP contribution in [0.5, 0.6) is 0 Å². The predicted octanol–water partition coefficient (Wildman–Crippen LogP) is 1.15. The van der Waals surface area contributed by atoms with Crippen molar-refractivity contribution in [2.24, 2.45) is 17.2 Å². The third-order valence-corrected chi connectivity index (χ3v) is 3.38. The molecular formula is C9H19N3S. The van der Waals surface area contributed by atoms with Gasteiger partial charge >= 0.3 is 0 Å². The number of nitrogens with one attached hydrogen (secondary N) is 2. The molecule has 1 aliphatic carbocycles. The Kier molecular flexibility index (Phi) is 3.50. The zero-order valence-electron chi connectivity index (χ0n) is 8.39. The number of hydrogen-bond donors (Lipinski definition) is 3. The predicted molar refractivity (Wildman–Crippen MR) is 59.0 cm³/mol. The maximum absolute atomic E-state index is 5.17. The van der Waals surface area contributed by atoms with Crippen molar-refractivity contribution < 1.29 is 0 Å². The molecule has 1 rings (SSSR count). The van der Waals surface area contributed by atoms with Crippen molar-refractivity contribution in [3.05, 3.63) is 0 Å². The minimum absolute atomic E-state index is 0.456. The largest absolute Gasteiger partial charge is 0.361 e. The molecule has 0 amide bonds. The Morgan fingerprint density at radius 1 is 1.62 bits per heavy atom. The van der Waals surface area contributed by atoms with E-state index in [9.17, 15) is 0 Å². The molecule has 0 bridgehead atoms. The number of nitrogens with two attached hydrogens (primary N) is 1.